The number of aromatic nitrogens is 2. The highest BCUT2D eigenvalue weighted by atomic mass is 15.0. The molecule has 0 amide bonds. The topological polar surface area (TPSA) is 30.2 Å². The van der Waals surface area contributed by atoms with Crippen LogP contribution in [-0.4, -0.2) is 15.8 Å². The summed E-state index contributed by atoms with van der Waals surface area (Å²) in [6.45, 7) is 1.10. The second-order valence-electron chi connectivity index (χ2n) is 4.31. The van der Waals surface area contributed by atoms with Crippen molar-refractivity contribution >= 4 is 6.21 Å². The quantitative estimate of drug-likeness (QED) is 0.646. The van der Waals surface area contributed by atoms with Gasteiger partial charge in [-0.2, -0.15) is 0 Å². The van der Waals surface area contributed by atoms with Crippen LogP contribution in [0.25, 0.3) is 0 Å². The summed E-state index contributed by atoms with van der Waals surface area (Å²) in [4.78, 5) is 8.13. The standard InChI is InChI=1S/C13H19N3/c1(3-5-13-6-7-14-11-13)2-4-9-16-10-8-15-12-16/h6-8,10-13H,1-5,9H2. The Kier molecular flexibility index (Phi) is 4.35. The molecule has 0 N–H and O–H groups in total. The zero-order chi connectivity index (χ0) is 11.1. The maximum Gasteiger partial charge on any atom is 0.0945 e. The fourth-order valence-electron chi connectivity index (χ4n) is 1.99. The van der Waals surface area contributed by atoms with Crippen LogP contribution >= 0.6 is 0 Å². The number of aliphatic imine (C=N–C) groups is 1. The number of hydrogen-bond acceptors (Lipinski definition) is 2. The van der Waals surface area contributed by atoms with Gasteiger partial charge in [0, 0.05) is 37.3 Å². The number of imidazole rings is 1. The van der Waals surface area contributed by atoms with Crippen LogP contribution in [0.2, 0.25) is 0 Å². The highest BCUT2D eigenvalue weighted by Gasteiger charge is 2.03. The van der Waals surface area contributed by atoms with Gasteiger partial charge in [-0.05, 0) is 12.8 Å². The van der Waals surface area contributed by atoms with E-state index in [-0.39, 0.29) is 0 Å². The molecule has 1 aromatic heterocycles. The number of hydrogen-bond donors (Lipinski definition) is 0. The van der Waals surface area contributed by atoms with Crippen molar-refractivity contribution in [1.82, 2.24) is 9.55 Å². The molecule has 0 fully saturated rings. The summed E-state index contributed by atoms with van der Waals surface area (Å²) in [6, 6.07) is 0. The highest BCUT2D eigenvalue weighted by molar-refractivity contribution is 5.66. The lowest BCUT2D eigenvalue weighted by molar-refractivity contribution is 0.552. The van der Waals surface area contributed by atoms with Gasteiger partial charge in [-0.15, -0.1) is 0 Å². The Labute approximate surface area is 96.9 Å². The maximum absolute atomic E-state index is 4.10. The van der Waals surface area contributed by atoms with Crippen LogP contribution < -0.4 is 0 Å². The summed E-state index contributed by atoms with van der Waals surface area (Å²) in [5, 5.41) is 0. The first-order chi connectivity index (χ1) is 7.95. The molecule has 3 heteroatoms. The van der Waals surface area contributed by atoms with Crippen LogP contribution in [0, 0.1) is 5.92 Å². The molecule has 1 atom stereocenters. The van der Waals surface area contributed by atoms with E-state index >= 15 is 0 Å². The number of allylic oxidation sites excluding steroid dienone is 1. The van der Waals surface area contributed by atoms with E-state index in [1.54, 1.807) is 0 Å². The molecule has 0 radical (unpaired) electrons. The van der Waals surface area contributed by atoms with Crippen molar-refractivity contribution in [3.63, 3.8) is 0 Å². The molecular weight excluding hydrogens is 198 g/mol. The summed E-state index contributed by atoms with van der Waals surface area (Å²) in [7, 11) is 0. The van der Waals surface area contributed by atoms with Gasteiger partial charge >= 0.3 is 0 Å². The minimum atomic E-state index is 0.605. The average Bonchev–Trinajstić information content (AvgIpc) is 2.96. The molecule has 1 aliphatic heterocycles. The van der Waals surface area contributed by atoms with Gasteiger partial charge in [-0.3, -0.25) is 4.99 Å². The van der Waals surface area contributed by atoms with Crippen LogP contribution in [0.5, 0.6) is 0 Å². The summed E-state index contributed by atoms with van der Waals surface area (Å²) in [5.41, 5.74) is 0. The second kappa shape index (κ2) is 6.26. The van der Waals surface area contributed by atoms with Crippen molar-refractivity contribution in [3.8, 4) is 0 Å². The van der Waals surface area contributed by atoms with Crippen LogP contribution in [0.4, 0.5) is 0 Å². The van der Waals surface area contributed by atoms with Crippen molar-refractivity contribution in [3.05, 3.63) is 31.0 Å². The fraction of sp³-hybridized carbons (Fsp3) is 0.538. The van der Waals surface area contributed by atoms with E-state index in [1.807, 2.05) is 31.1 Å². The molecule has 1 aliphatic rings. The first-order valence-electron chi connectivity index (χ1n) is 6.11. The van der Waals surface area contributed by atoms with Crippen LogP contribution in [0.3, 0.4) is 0 Å². The third-order valence-electron chi connectivity index (χ3n) is 2.96. The molecule has 0 saturated carbocycles. The van der Waals surface area contributed by atoms with Gasteiger partial charge in [-0.25, -0.2) is 4.98 Å². The molecule has 0 aliphatic carbocycles. The van der Waals surface area contributed by atoms with Crippen molar-refractivity contribution in [2.45, 2.75) is 38.6 Å². The fourth-order valence-corrected chi connectivity index (χ4v) is 1.99. The Balaban J connectivity index is 1.46. The van der Waals surface area contributed by atoms with Gasteiger partial charge in [0.05, 0.1) is 6.33 Å². The molecule has 1 unspecified atom stereocenters. The van der Waals surface area contributed by atoms with E-state index in [0.29, 0.717) is 5.92 Å². The molecule has 2 rings (SSSR count). The molecule has 86 valence electrons. The van der Waals surface area contributed by atoms with E-state index in [4.69, 9.17) is 0 Å². The van der Waals surface area contributed by atoms with Gasteiger partial charge in [0.15, 0.2) is 0 Å². The predicted molar refractivity (Wildman–Crippen MR) is 66.4 cm³/mol. The molecule has 0 bridgehead atoms. The van der Waals surface area contributed by atoms with Gasteiger partial charge in [0.2, 0.25) is 0 Å². The first-order valence-corrected chi connectivity index (χ1v) is 6.11. The zero-order valence-corrected chi connectivity index (χ0v) is 9.63. The SMILES string of the molecule is C1=CC(CCCCCCn2ccnc2)C=N1. The van der Waals surface area contributed by atoms with Crippen molar-refractivity contribution < 1.29 is 0 Å². The lowest BCUT2D eigenvalue weighted by Gasteiger charge is -2.04. The van der Waals surface area contributed by atoms with E-state index in [0.717, 1.165) is 6.54 Å². The Hall–Kier alpha value is -1.38. The minimum Gasteiger partial charge on any atom is -0.337 e. The van der Waals surface area contributed by atoms with Gasteiger partial charge in [0.25, 0.3) is 0 Å². The largest absolute Gasteiger partial charge is 0.337 e. The van der Waals surface area contributed by atoms with Crippen molar-refractivity contribution in [2.75, 3.05) is 0 Å². The maximum atomic E-state index is 4.10. The highest BCUT2D eigenvalue weighted by Crippen LogP contribution is 2.14. The van der Waals surface area contributed by atoms with Crippen LogP contribution in [-0.2, 0) is 6.54 Å². The second-order valence-corrected chi connectivity index (χ2v) is 4.31. The Morgan fingerprint density at radius 1 is 1.12 bits per heavy atom. The number of nitrogens with zero attached hydrogens (tertiary/aromatic N) is 3. The van der Waals surface area contributed by atoms with E-state index in [2.05, 4.69) is 20.6 Å². The molecule has 0 aromatic carbocycles. The van der Waals surface area contributed by atoms with Crippen LogP contribution in [0.15, 0.2) is 36.0 Å². The van der Waals surface area contributed by atoms with E-state index in [9.17, 15) is 0 Å². The third-order valence-corrected chi connectivity index (χ3v) is 2.96. The van der Waals surface area contributed by atoms with Crippen molar-refractivity contribution in [2.24, 2.45) is 10.9 Å². The smallest absolute Gasteiger partial charge is 0.0945 e. The lowest BCUT2D eigenvalue weighted by Crippen LogP contribution is -1.96. The summed E-state index contributed by atoms with van der Waals surface area (Å²) >= 11 is 0. The van der Waals surface area contributed by atoms with E-state index in [1.165, 1.54) is 32.1 Å². The number of unbranched alkanes of at least 4 members (excludes halogenated alkanes) is 3. The minimum absolute atomic E-state index is 0.605. The molecule has 3 nitrogen and oxygen atoms in total. The third kappa shape index (κ3) is 3.65. The Morgan fingerprint density at radius 2 is 2.06 bits per heavy atom. The lowest BCUT2D eigenvalue weighted by atomic mass is 10.0. The summed E-state index contributed by atoms with van der Waals surface area (Å²) in [5.74, 6) is 0.605. The molecule has 0 saturated heterocycles. The number of rotatable bonds is 7. The zero-order valence-electron chi connectivity index (χ0n) is 9.63. The van der Waals surface area contributed by atoms with E-state index < -0.39 is 0 Å². The monoisotopic (exact) mass is 217 g/mol. The van der Waals surface area contributed by atoms with Crippen molar-refractivity contribution in [1.29, 1.82) is 0 Å². The average molecular weight is 217 g/mol. The molecule has 0 spiro atoms. The Morgan fingerprint density at radius 3 is 2.81 bits per heavy atom. The molecule has 16 heavy (non-hydrogen) atoms. The molecule has 1 aromatic rings. The first kappa shape index (κ1) is 11.1. The predicted octanol–water partition coefficient (Wildman–Crippen LogP) is 3.05. The van der Waals surface area contributed by atoms with Gasteiger partial charge in [0.1, 0.15) is 0 Å². The van der Waals surface area contributed by atoms with Gasteiger partial charge < -0.3 is 4.57 Å². The van der Waals surface area contributed by atoms with Gasteiger partial charge in [-0.1, -0.05) is 25.3 Å². The molecular formula is C13H19N3. The van der Waals surface area contributed by atoms with Crippen LogP contribution in [0.1, 0.15) is 32.1 Å². The number of aryl methyl sites for hydroxylation is 1. The normalized spacial score (nSPS) is 18.4. The Bertz CT molecular complexity index is 326. The molecule has 2 heterocycles. The summed E-state index contributed by atoms with van der Waals surface area (Å²) in [6.07, 6.45) is 18.4. The summed E-state index contributed by atoms with van der Waals surface area (Å²) < 4.78 is 2.15.